The van der Waals surface area contributed by atoms with E-state index in [-0.39, 0.29) is 43.8 Å². The predicted molar refractivity (Wildman–Crippen MR) is 213 cm³/mol. The number of aldehydes is 1. The summed E-state index contributed by atoms with van der Waals surface area (Å²) in [5.41, 5.74) is -1.51. The number of hydrogen-bond donors (Lipinski definition) is 2. The third-order valence-electron chi connectivity index (χ3n) is 11.0. The van der Waals surface area contributed by atoms with Crippen LogP contribution >= 0.6 is 0 Å². The van der Waals surface area contributed by atoms with E-state index in [1.807, 2.05) is 13.8 Å². The number of aliphatic hydroxyl groups excluding tert-OH is 1. The van der Waals surface area contributed by atoms with E-state index in [0.717, 1.165) is 0 Å². The lowest BCUT2D eigenvalue weighted by atomic mass is 9.83. The van der Waals surface area contributed by atoms with E-state index in [9.17, 15) is 34.2 Å². The Morgan fingerprint density at radius 2 is 1.69 bits per heavy atom. The van der Waals surface area contributed by atoms with E-state index < -0.39 is 115 Å². The molecule has 3 aliphatic rings. The summed E-state index contributed by atoms with van der Waals surface area (Å²) in [6, 6.07) is -0.796. The highest BCUT2D eigenvalue weighted by molar-refractivity contribution is 5.91. The van der Waals surface area contributed by atoms with Gasteiger partial charge in [0.2, 0.25) is 0 Å². The molecule has 0 aromatic rings. The minimum Gasteiger partial charge on any atom is -0.462 e. The van der Waals surface area contributed by atoms with E-state index in [1.54, 1.807) is 78.8 Å². The van der Waals surface area contributed by atoms with Crippen LogP contribution in [-0.2, 0) is 61.9 Å². The number of ketones is 1. The molecule has 0 aromatic carbocycles. The second kappa shape index (κ2) is 23.2. The Bertz CT molecular complexity index is 1450. The van der Waals surface area contributed by atoms with Crippen LogP contribution < -0.4 is 0 Å². The number of ether oxygens (including phenoxy) is 8. The Morgan fingerprint density at radius 3 is 2.29 bits per heavy atom. The van der Waals surface area contributed by atoms with Gasteiger partial charge in [0.1, 0.15) is 42.4 Å². The number of allylic oxidation sites excluding steroid dienone is 3. The van der Waals surface area contributed by atoms with Gasteiger partial charge in [0, 0.05) is 45.1 Å². The van der Waals surface area contributed by atoms with Gasteiger partial charge in [0.25, 0.3) is 0 Å². The maximum Gasteiger partial charge on any atom is 0.309 e. The van der Waals surface area contributed by atoms with E-state index in [2.05, 4.69) is 0 Å². The number of cyclic esters (lactones) is 1. The van der Waals surface area contributed by atoms with Gasteiger partial charge in [-0.25, -0.2) is 0 Å². The van der Waals surface area contributed by atoms with E-state index in [1.165, 1.54) is 13.2 Å². The molecule has 16 heteroatoms. The van der Waals surface area contributed by atoms with Crippen molar-refractivity contribution in [1.29, 1.82) is 0 Å². The first-order chi connectivity index (χ1) is 27.7. The van der Waals surface area contributed by atoms with Crippen LogP contribution in [0.4, 0.5) is 0 Å². The van der Waals surface area contributed by atoms with Crippen molar-refractivity contribution >= 4 is 30.0 Å². The van der Waals surface area contributed by atoms with Crippen molar-refractivity contribution in [2.45, 2.75) is 179 Å². The molecule has 0 bridgehead atoms. The van der Waals surface area contributed by atoms with Gasteiger partial charge in [0.05, 0.1) is 30.8 Å². The molecule has 0 amide bonds. The molecule has 9 unspecified atom stereocenters. The molecule has 59 heavy (non-hydrogen) atoms. The molecule has 0 saturated carbocycles. The molecular weight excluding hydrogens is 770 g/mol. The van der Waals surface area contributed by atoms with Crippen molar-refractivity contribution in [1.82, 2.24) is 4.90 Å². The fourth-order valence-electron chi connectivity index (χ4n) is 8.02. The lowest BCUT2D eigenvalue weighted by molar-refractivity contribution is -0.344. The number of carbonyl (C=O) groups is 5. The largest absolute Gasteiger partial charge is 0.462 e. The van der Waals surface area contributed by atoms with Crippen molar-refractivity contribution in [2.75, 3.05) is 21.2 Å². The molecule has 0 aliphatic carbocycles. The van der Waals surface area contributed by atoms with Gasteiger partial charge in [-0.15, -0.1) is 0 Å². The number of hydrogen-bond acceptors (Lipinski definition) is 16. The zero-order valence-electron chi connectivity index (χ0n) is 36.6. The van der Waals surface area contributed by atoms with Crippen LogP contribution in [0.1, 0.15) is 100 Å². The molecule has 3 heterocycles. The zero-order chi connectivity index (χ0) is 44.2. The lowest BCUT2D eigenvalue weighted by Gasteiger charge is -2.50. The van der Waals surface area contributed by atoms with Crippen molar-refractivity contribution in [3.05, 3.63) is 24.3 Å². The minimum atomic E-state index is -1.51. The average Bonchev–Trinajstić information content (AvgIpc) is 3.13. The first-order valence-electron chi connectivity index (χ1n) is 20.8. The van der Waals surface area contributed by atoms with Gasteiger partial charge in [-0.3, -0.25) is 19.2 Å². The number of aliphatic hydroxyl groups is 2. The van der Waals surface area contributed by atoms with Crippen LogP contribution in [0.2, 0.25) is 0 Å². The Balaban J connectivity index is 2.00. The standard InChI is InChI=1S/C43H69NO15/c1-12-32(47)56-31-22-34(49)53-26(5)16-14-13-15-17-30(46)25(4)21-29(18-19-45)39(40(31)52-11)59-42-37(50)36(44(9)10)38(27(6)55-42)58-35-23-43(8,51)41(28(7)54-35)57-33(48)20-24(2)3/h13-15,17,19,24-29,31,35-42,50-51H,12,16,18,20-23H2,1-11H3/b14-13+,17-15+/t25-,26-,27?,28?,29+,31-,35?,36?,37?,38?,39+,40+,41?,42?,43?/m1/s1. The number of rotatable bonds is 13. The predicted octanol–water partition coefficient (Wildman–Crippen LogP) is 3.61. The van der Waals surface area contributed by atoms with Crippen LogP contribution in [0.15, 0.2) is 24.3 Å². The third-order valence-corrected chi connectivity index (χ3v) is 11.0. The summed E-state index contributed by atoms with van der Waals surface area (Å²) in [4.78, 5) is 66.0. The molecule has 336 valence electrons. The summed E-state index contributed by atoms with van der Waals surface area (Å²) in [5, 5.41) is 23.6. The summed E-state index contributed by atoms with van der Waals surface area (Å²) in [5.74, 6) is -3.22. The Kier molecular flexibility index (Phi) is 19.8. The summed E-state index contributed by atoms with van der Waals surface area (Å²) in [7, 11) is 4.84. The quantitative estimate of drug-likeness (QED) is 0.155. The average molecular weight is 840 g/mol. The van der Waals surface area contributed by atoms with Crippen LogP contribution in [-0.4, -0.2) is 145 Å². The second-order valence-corrected chi connectivity index (χ2v) is 17.0. The van der Waals surface area contributed by atoms with Crippen molar-refractivity contribution in [3.8, 4) is 0 Å². The number of methoxy groups -OCH3 is 1. The van der Waals surface area contributed by atoms with Crippen LogP contribution in [0.5, 0.6) is 0 Å². The summed E-state index contributed by atoms with van der Waals surface area (Å²) < 4.78 is 48.7. The molecular formula is C43H69NO15. The minimum absolute atomic E-state index is 0.0128. The fourth-order valence-corrected chi connectivity index (χ4v) is 8.02. The lowest BCUT2D eigenvalue weighted by Crippen LogP contribution is -2.66. The number of likely N-dealkylation sites (N-methyl/N-ethyl adjacent to an activating group) is 1. The Labute approximate surface area is 349 Å². The van der Waals surface area contributed by atoms with Gasteiger partial charge < -0.3 is 57.8 Å². The smallest absolute Gasteiger partial charge is 0.309 e. The molecule has 3 aliphatic heterocycles. The zero-order valence-corrected chi connectivity index (χ0v) is 36.6. The highest BCUT2D eigenvalue weighted by Gasteiger charge is 2.53. The van der Waals surface area contributed by atoms with Crippen LogP contribution in [0.25, 0.3) is 0 Å². The molecule has 2 fully saturated rings. The second-order valence-electron chi connectivity index (χ2n) is 17.0. The fraction of sp³-hybridized carbons (Fsp3) is 0.791. The monoisotopic (exact) mass is 839 g/mol. The molecule has 3 rings (SSSR count). The normalized spacial score (nSPS) is 39.0. The molecule has 15 atom stereocenters. The molecule has 2 saturated heterocycles. The topological polar surface area (TPSA) is 203 Å². The van der Waals surface area contributed by atoms with E-state index >= 15 is 0 Å². The van der Waals surface area contributed by atoms with Crippen molar-refractivity contribution in [3.63, 3.8) is 0 Å². The van der Waals surface area contributed by atoms with Gasteiger partial charge in [-0.1, -0.05) is 45.9 Å². The molecule has 0 radical (unpaired) electrons. The number of carbonyl (C=O) groups excluding carboxylic acids is 5. The van der Waals surface area contributed by atoms with E-state index in [0.29, 0.717) is 12.7 Å². The summed E-state index contributed by atoms with van der Waals surface area (Å²) in [6.07, 6.45) is -4.00. The summed E-state index contributed by atoms with van der Waals surface area (Å²) >= 11 is 0. The first-order valence-corrected chi connectivity index (χ1v) is 20.8. The van der Waals surface area contributed by atoms with Gasteiger partial charge >= 0.3 is 17.9 Å². The van der Waals surface area contributed by atoms with Crippen LogP contribution in [0.3, 0.4) is 0 Å². The Hall–Kier alpha value is -3.09. The van der Waals surface area contributed by atoms with Crippen LogP contribution in [0, 0.1) is 17.8 Å². The van der Waals surface area contributed by atoms with Crippen molar-refractivity contribution < 1.29 is 72.1 Å². The SMILES string of the molecule is CCC(=O)O[C@@H]1CC(=O)O[C@H](C)C/C=C/C=C/C(=O)[C@H](C)C[C@H](CC=O)[C@H](OC2OC(C)C(OC3CC(C)(O)C(OC(=O)CC(C)C)C(C)O3)C(N(C)C)C2O)[C@H]1OC. The van der Waals surface area contributed by atoms with Gasteiger partial charge in [0.15, 0.2) is 24.5 Å². The summed E-state index contributed by atoms with van der Waals surface area (Å²) in [6.45, 7) is 13.8. The number of esters is 3. The van der Waals surface area contributed by atoms with E-state index in [4.69, 9.17) is 37.9 Å². The highest BCUT2D eigenvalue weighted by atomic mass is 16.7. The van der Waals surface area contributed by atoms with Gasteiger partial charge in [-0.05, 0) is 66.1 Å². The first kappa shape index (κ1) is 50.3. The third kappa shape index (κ3) is 14.5. The maximum atomic E-state index is 13.3. The molecule has 2 N–H and O–H groups in total. The molecule has 16 nitrogen and oxygen atoms in total. The van der Waals surface area contributed by atoms with Crippen molar-refractivity contribution in [2.24, 2.45) is 17.8 Å². The Morgan fingerprint density at radius 1 is 1.00 bits per heavy atom. The number of nitrogens with zero attached hydrogens (tertiary/aromatic N) is 1. The molecule has 0 spiro atoms. The highest BCUT2D eigenvalue weighted by Crippen LogP contribution is 2.37. The molecule has 0 aromatic heterocycles. The van der Waals surface area contributed by atoms with Gasteiger partial charge in [-0.2, -0.15) is 0 Å². The maximum absolute atomic E-state index is 13.3.